The Kier molecular flexibility index (Phi) is 5.46. The van der Waals surface area contributed by atoms with E-state index in [-0.39, 0.29) is 18.0 Å². The van der Waals surface area contributed by atoms with Crippen molar-refractivity contribution in [3.63, 3.8) is 0 Å². The van der Waals surface area contributed by atoms with E-state index in [0.717, 1.165) is 12.1 Å². The molecule has 3 aromatic rings. The van der Waals surface area contributed by atoms with E-state index in [0.29, 0.717) is 17.1 Å². The molecule has 0 aliphatic carbocycles. The van der Waals surface area contributed by atoms with Crippen molar-refractivity contribution in [3.8, 4) is 0 Å². The molecular weight excluding hydrogens is 382 g/mol. The monoisotopic (exact) mass is 407 g/mol. The summed E-state index contributed by atoms with van der Waals surface area (Å²) >= 11 is 5.21. The van der Waals surface area contributed by atoms with Crippen LogP contribution in [0.2, 0.25) is 0 Å². The number of hydrazone groups is 1. The average molecular weight is 408 g/mol. The Labute approximate surface area is 175 Å². The minimum atomic E-state index is 0.0720. The van der Waals surface area contributed by atoms with E-state index in [1.807, 2.05) is 12.1 Å². The number of nitrogen functional groups attached to an aromatic ring is 1. The lowest BCUT2D eigenvalue weighted by Gasteiger charge is -2.46. The maximum absolute atomic E-state index is 6.12. The highest BCUT2D eigenvalue weighted by atomic mass is 32.1. The molecule has 7 nitrogen and oxygen atoms in total. The van der Waals surface area contributed by atoms with Crippen LogP contribution in [0.3, 0.4) is 0 Å². The molecular formula is C21H25N7S. The largest absolute Gasteiger partial charge is 0.335 e. The second-order valence-electron chi connectivity index (χ2n) is 7.38. The van der Waals surface area contributed by atoms with Gasteiger partial charge in [0.2, 0.25) is 4.77 Å². The average Bonchev–Trinajstić information content (AvgIpc) is 3.07. The van der Waals surface area contributed by atoms with Gasteiger partial charge in [-0.2, -0.15) is 10.2 Å². The minimum absolute atomic E-state index is 0.0720. The van der Waals surface area contributed by atoms with E-state index in [9.17, 15) is 0 Å². The molecule has 0 spiro atoms. The van der Waals surface area contributed by atoms with E-state index >= 15 is 0 Å². The van der Waals surface area contributed by atoms with Gasteiger partial charge < -0.3 is 11.7 Å². The van der Waals surface area contributed by atoms with Gasteiger partial charge in [-0.25, -0.2) is 4.68 Å². The number of nitrogens with two attached hydrogens (primary N) is 2. The third-order valence-corrected chi connectivity index (χ3v) is 6.04. The maximum atomic E-state index is 6.12. The van der Waals surface area contributed by atoms with E-state index in [1.165, 1.54) is 15.8 Å². The second kappa shape index (κ2) is 8.18. The standard InChI is InChI=1S/C21H25N7S/c1-14-17(24-22)12-18(15-8-4-2-5-9-15)27(13-19-25-26-21(29)28(19)23)20(14)16-10-6-3-7-11-16/h2-11,14,18,20H,12-13,22-23H2,1H3,(H,26,29). The SMILES string of the molecule is CC1C(=NN)CC(c2ccccc2)N(Cc2n[nH]c(=S)n2N)C1c1ccccc1. The van der Waals surface area contributed by atoms with Crippen LogP contribution in [0, 0.1) is 10.7 Å². The van der Waals surface area contributed by atoms with Gasteiger partial charge in [0.05, 0.1) is 6.54 Å². The van der Waals surface area contributed by atoms with Crippen LogP contribution in [-0.4, -0.2) is 25.5 Å². The van der Waals surface area contributed by atoms with Gasteiger partial charge in [0, 0.05) is 30.1 Å². The Bertz CT molecular complexity index is 1040. The molecule has 3 atom stereocenters. The van der Waals surface area contributed by atoms with Gasteiger partial charge in [-0.3, -0.25) is 10.00 Å². The molecule has 2 aromatic carbocycles. The van der Waals surface area contributed by atoms with E-state index in [1.54, 1.807) is 0 Å². The van der Waals surface area contributed by atoms with Gasteiger partial charge in [-0.15, -0.1) is 0 Å². The first-order chi connectivity index (χ1) is 14.1. The Morgan fingerprint density at radius 3 is 2.28 bits per heavy atom. The summed E-state index contributed by atoms with van der Waals surface area (Å²) in [5, 5.41) is 11.3. The highest BCUT2D eigenvalue weighted by Gasteiger charge is 2.41. The molecule has 1 aromatic heterocycles. The lowest BCUT2D eigenvalue weighted by molar-refractivity contribution is 0.0835. The first-order valence-electron chi connectivity index (χ1n) is 9.63. The second-order valence-corrected chi connectivity index (χ2v) is 7.77. The molecule has 1 aliphatic rings. The van der Waals surface area contributed by atoms with Crippen LogP contribution >= 0.6 is 12.2 Å². The normalized spacial score (nSPS) is 24.0. The summed E-state index contributed by atoms with van der Waals surface area (Å²) in [5.74, 6) is 12.8. The third kappa shape index (κ3) is 3.68. The highest BCUT2D eigenvalue weighted by molar-refractivity contribution is 7.71. The summed E-state index contributed by atoms with van der Waals surface area (Å²) in [6.45, 7) is 2.72. The molecule has 29 heavy (non-hydrogen) atoms. The van der Waals surface area contributed by atoms with Crippen LogP contribution in [-0.2, 0) is 6.54 Å². The number of hydrogen-bond donors (Lipinski definition) is 3. The Morgan fingerprint density at radius 1 is 1.10 bits per heavy atom. The lowest BCUT2D eigenvalue weighted by atomic mass is 9.79. The van der Waals surface area contributed by atoms with Crippen molar-refractivity contribution in [2.45, 2.75) is 32.0 Å². The van der Waals surface area contributed by atoms with Gasteiger partial charge in [0.15, 0.2) is 5.82 Å². The van der Waals surface area contributed by atoms with Gasteiger partial charge in [-0.05, 0) is 23.3 Å². The molecule has 0 saturated carbocycles. The summed E-state index contributed by atoms with van der Waals surface area (Å²) in [6, 6.07) is 21.0. The Hall–Kier alpha value is -2.97. The molecule has 1 fully saturated rings. The summed E-state index contributed by atoms with van der Waals surface area (Å²) < 4.78 is 1.85. The van der Waals surface area contributed by atoms with E-state index in [2.05, 4.69) is 75.7 Å². The molecule has 2 heterocycles. The topological polar surface area (TPSA) is 101 Å². The Balaban J connectivity index is 1.84. The number of piperidine rings is 1. The number of aromatic nitrogens is 3. The van der Waals surface area contributed by atoms with Gasteiger partial charge >= 0.3 is 0 Å². The summed E-state index contributed by atoms with van der Waals surface area (Å²) in [6.07, 6.45) is 0.751. The van der Waals surface area contributed by atoms with Crippen LogP contribution in [0.15, 0.2) is 65.8 Å². The predicted octanol–water partition coefficient (Wildman–Crippen LogP) is 3.29. The highest BCUT2D eigenvalue weighted by Crippen LogP contribution is 2.44. The van der Waals surface area contributed by atoms with Crippen molar-refractivity contribution in [1.82, 2.24) is 19.8 Å². The fourth-order valence-corrected chi connectivity index (χ4v) is 4.42. The van der Waals surface area contributed by atoms with Crippen molar-refractivity contribution in [2.24, 2.45) is 16.9 Å². The molecule has 150 valence electrons. The van der Waals surface area contributed by atoms with Crippen LogP contribution in [0.5, 0.6) is 0 Å². The molecule has 0 radical (unpaired) electrons. The Morgan fingerprint density at radius 2 is 1.72 bits per heavy atom. The van der Waals surface area contributed by atoms with Crippen molar-refractivity contribution >= 4 is 17.9 Å². The molecule has 0 amide bonds. The number of nitrogens with zero attached hydrogens (tertiary/aromatic N) is 4. The molecule has 1 aliphatic heterocycles. The van der Waals surface area contributed by atoms with Gasteiger partial charge in [0.25, 0.3) is 0 Å². The zero-order valence-electron chi connectivity index (χ0n) is 16.3. The lowest BCUT2D eigenvalue weighted by Crippen LogP contribution is -2.45. The first kappa shape index (κ1) is 19.4. The number of aromatic amines is 1. The molecule has 1 saturated heterocycles. The molecule has 0 bridgehead atoms. The van der Waals surface area contributed by atoms with Crippen molar-refractivity contribution in [3.05, 3.63) is 82.4 Å². The molecule has 8 heteroatoms. The summed E-state index contributed by atoms with van der Waals surface area (Å²) in [4.78, 5) is 2.43. The van der Waals surface area contributed by atoms with Crippen molar-refractivity contribution in [1.29, 1.82) is 0 Å². The smallest absolute Gasteiger partial charge is 0.214 e. The number of hydrogen-bond acceptors (Lipinski definition) is 6. The number of likely N-dealkylation sites (tertiary alicyclic amines) is 1. The molecule has 4 rings (SSSR count). The van der Waals surface area contributed by atoms with Crippen LogP contribution in [0.25, 0.3) is 0 Å². The predicted molar refractivity (Wildman–Crippen MR) is 117 cm³/mol. The van der Waals surface area contributed by atoms with Gasteiger partial charge in [-0.1, -0.05) is 67.6 Å². The number of benzene rings is 2. The number of nitrogens with one attached hydrogen (secondary N) is 1. The molecule has 5 N–H and O–H groups in total. The van der Waals surface area contributed by atoms with Crippen LogP contribution in [0.4, 0.5) is 0 Å². The number of rotatable bonds is 4. The fraction of sp³-hybridized carbons (Fsp3) is 0.286. The maximum Gasteiger partial charge on any atom is 0.214 e. The summed E-state index contributed by atoms with van der Waals surface area (Å²) in [7, 11) is 0. The third-order valence-electron chi connectivity index (χ3n) is 5.75. The number of H-pyrrole nitrogens is 1. The van der Waals surface area contributed by atoms with Crippen LogP contribution < -0.4 is 11.7 Å². The van der Waals surface area contributed by atoms with Crippen molar-refractivity contribution < 1.29 is 0 Å². The first-order valence-corrected chi connectivity index (χ1v) is 10.0. The van der Waals surface area contributed by atoms with Gasteiger partial charge in [0.1, 0.15) is 0 Å². The molecule has 3 unspecified atom stereocenters. The van der Waals surface area contributed by atoms with E-state index < -0.39 is 0 Å². The zero-order valence-corrected chi connectivity index (χ0v) is 17.1. The minimum Gasteiger partial charge on any atom is -0.335 e. The van der Waals surface area contributed by atoms with Crippen LogP contribution in [0.1, 0.15) is 42.4 Å². The quantitative estimate of drug-likeness (QED) is 0.350. The zero-order chi connectivity index (χ0) is 20.4. The van der Waals surface area contributed by atoms with Crippen molar-refractivity contribution in [2.75, 3.05) is 5.84 Å². The fourth-order valence-electron chi connectivity index (χ4n) is 4.27. The summed E-state index contributed by atoms with van der Waals surface area (Å²) in [5.41, 5.74) is 3.43. The van der Waals surface area contributed by atoms with E-state index in [4.69, 9.17) is 23.9 Å².